The number of methoxy groups -OCH3 is 1. The minimum atomic E-state index is -0.245. The van der Waals surface area contributed by atoms with Crippen LogP contribution >= 0.6 is 0 Å². The molecule has 8 nitrogen and oxygen atoms in total. The van der Waals surface area contributed by atoms with Crippen LogP contribution in [0.2, 0.25) is 0 Å². The number of rotatable bonds is 10. The van der Waals surface area contributed by atoms with Gasteiger partial charge in [-0.1, -0.05) is 30.3 Å². The minimum absolute atomic E-state index is 0.0300. The molecule has 2 N–H and O–H groups in total. The van der Waals surface area contributed by atoms with Crippen LogP contribution in [0, 0.1) is 5.92 Å². The lowest BCUT2D eigenvalue weighted by Gasteiger charge is -2.35. The topological polar surface area (TPSA) is 83.1 Å². The van der Waals surface area contributed by atoms with Gasteiger partial charge in [-0.2, -0.15) is 0 Å². The number of hydrogen-bond donors (Lipinski definition) is 2. The molecule has 8 heteroatoms. The van der Waals surface area contributed by atoms with Gasteiger partial charge in [0.15, 0.2) is 0 Å². The van der Waals surface area contributed by atoms with Crippen molar-refractivity contribution in [1.29, 1.82) is 0 Å². The number of anilines is 2. The fourth-order valence-corrected chi connectivity index (χ4v) is 4.97. The lowest BCUT2D eigenvalue weighted by atomic mass is 9.89. The molecule has 2 aromatic carbocycles. The first kappa shape index (κ1) is 26.1. The number of benzene rings is 2. The molecule has 194 valence electrons. The van der Waals surface area contributed by atoms with E-state index in [4.69, 9.17) is 9.47 Å². The van der Waals surface area contributed by atoms with Crippen LogP contribution < -0.4 is 15.5 Å². The van der Waals surface area contributed by atoms with Crippen LogP contribution in [0.4, 0.5) is 11.4 Å². The molecule has 2 saturated heterocycles. The second kappa shape index (κ2) is 13.4. The highest BCUT2D eigenvalue weighted by Crippen LogP contribution is 2.30. The molecular formula is C28H38N4O4. The Morgan fingerprint density at radius 2 is 1.78 bits per heavy atom. The molecule has 0 bridgehead atoms. The third kappa shape index (κ3) is 7.53. The smallest absolute Gasteiger partial charge is 0.253 e. The Morgan fingerprint density at radius 1 is 1.03 bits per heavy atom. The molecule has 2 aromatic rings. The Hall–Kier alpha value is -2.94. The van der Waals surface area contributed by atoms with E-state index in [0.717, 1.165) is 70.9 Å². The van der Waals surface area contributed by atoms with Crippen molar-refractivity contribution in [2.75, 3.05) is 76.4 Å². The van der Waals surface area contributed by atoms with Gasteiger partial charge in [0.1, 0.15) is 6.61 Å². The van der Waals surface area contributed by atoms with Gasteiger partial charge in [-0.25, -0.2) is 0 Å². The largest absolute Gasteiger partial charge is 0.379 e. The van der Waals surface area contributed by atoms with Gasteiger partial charge >= 0.3 is 0 Å². The van der Waals surface area contributed by atoms with Crippen LogP contribution in [0.25, 0.3) is 0 Å². The maximum atomic E-state index is 13.3. The summed E-state index contributed by atoms with van der Waals surface area (Å²) < 4.78 is 10.3. The molecule has 0 aromatic heterocycles. The maximum absolute atomic E-state index is 13.3. The highest BCUT2D eigenvalue weighted by molar-refractivity contribution is 6.02. The van der Waals surface area contributed by atoms with Gasteiger partial charge in [0.25, 0.3) is 5.91 Å². The van der Waals surface area contributed by atoms with E-state index in [1.807, 2.05) is 12.1 Å². The fraction of sp³-hybridized carbons (Fsp3) is 0.500. The van der Waals surface area contributed by atoms with Gasteiger partial charge in [-0.3, -0.25) is 14.5 Å². The Bertz CT molecular complexity index is 986. The molecule has 2 heterocycles. The van der Waals surface area contributed by atoms with Crippen molar-refractivity contribution >= 4 is 23.2 Å². The first-order valence-corrected chi connectivity index (χ1v) is 12.9. The second-order valence-corrected chi connectivity index (χ2v) is 9.54. The van der Waals surface area contributed by atoms with Crippen LogP contribution in [-0.4, -0.2) is 82.9 Å². The summed E-state index contributed by atoms with van der Waals surface area (Å²) in [7, 11) is 1.48. The third-order valence-corrected chi connectivity index (χ3v) is 6.94. The summed E-state index contributed by atoms with van der Waals surface area (Å²) in [6, 6.07) is 16.2. The van der Waals surface area contributed by atoms with Crippen LogP contribution in [0.5, 0.6) is 0 Å². The molecule has 2 amide bonds. The molecule has 2 fully saturated rings. The zero-order valence-corrected chi connectivity index (χ0v) is 21.2. The minimum Gasteiger partial charge on any atom is -0.379 e. The van der Waals surface area contributed by atoms with E-state index < -0.39 is 0 Å². The van der Waals surface area contributed by atoms with Crippen molar-refractivity contribution in [3.8, 4) is 0 Å². The molecule has 2 aliphatic rings. The van der Waals surface area contributed by atoms with E-state index in [1.165, 1.54) is 12.7 Å². The number of carbonyl (C=O) groups excluding carboxylic acids is 2. The van der Waals surface area contributed by atoms with Crippen molar-refractivity contribution in [3.05, 3.63) is 59.7 Å². The Morgan fingerprint density at radius 3 is 2.50 bits per heavy atom. The molecule has 4 rings (SSSR count). The molecule has 0 unspecified atom stereocenters. The van der Waals surface area contributed by atoms with Gasteiger partial charge in [0.2, 0.25) is 5.91 Å². The number of amides is 2. The van der Waals surface area contributed by atoms with E-state index >= 15 is 0 Å². The van der Waals surface area contributed by atoms with Crippen molar-refractivity contribution in [1.82, 2.24) is 10.2 Å². The molecule has 0 atom stereocenters. The normalized spacial score (nSPS) is 17.1. The first-order valence-electron chi connectivity index (χ1n) is 12.9. The van der Waals surface area contributed by atoms with Gasteiger partial charge in [-0.15, -0.1) is 0 Å². The Balaban J connectivity index is 1.41. The quantitative estimate of drug-likeness (QED) is 0.529. The predicted octanol–water partition coefficient (Wildman–Crippen LogP) is 2.79. The summed E-state index contributed by atoms with van der Waals surface area (Å²) in [5.41, 5.74) is 3.49. The molecule has 36 heavy (non-hydrogen) atoms. The van der Waals surface area contributed by atoms with E-state index in [0.29, 0.717) is 23.7 Å². The predicted molar refractivity (Wildman–Crippen MR) is 142 cm³/mol. The van der Waals surface area contributed by atoms with E-state index in [2.05, 4.69) is 50.8 Å². The number of ether oxygens (including phenoxy) is 2. The maximum Gasteiger partial charge on any atom is 0.253 e. The molecule has 0 spiro atoms. The Labute approximate surface area is 213 Å². The van der Waals surface area contributed by atoms with Crippen LogP contribution in [0.15, 0.2) is 48.5 Å². The zero-order valence-electron chi connectivity index (χ0n) is 21.2. The summed E-state index contributed by atoms with van der Waals surface area (Å²) in [5, 5.41) is 5.91. The summed E-state index contributed by atoms with van der Waals surface area (Å²) >= 11 is 0. The average molecular weight is 495 g/mol. The number of morpholine rings is 1. The van der Waals surface area contributed by atoms with Crippen molar-refractivity contribution in [2.45, 2.75) is 19.3 Å². The van der Waals surface area contributed by atoms with Crippen molar-refractivity contribution in [2.24, 2.45) is 5.92 Å². The fourth-order valence-electron chi connectivity index (χ4n) is 4.97. The van der Waals surface area contributed by atoms with Gasteiger partial charge in [0, 0.05) is 57.8 Å². The van der Waals surface area contributed by atoms with Gasteiger partial charge in [-0.05, 0) is 48.9 Å². The van der Waals surface area contributed by atoms with Crippen molar-refractivity contribution in [3.63, 3.8) is 0 Å². The number of carbonyl (C=O) groups is 2. The standard InChI is InChI=1S/C28H38N4O4/c1-35-21-27(33)30-24-7-8-26(25(20-24)28(34)29-11-14-31-15-17-36-18-16-31)32-12-9-23(10-13-32)19-22-5-3-2-4-6-22/h2-8,20,23H,9-19,21H2,1H3,(H,29,34)(H,30,33). The summed E-state index contributed by atoms with van der Waals surface area (Å²) in [6.45, 7) is 6.39. The Kier molecular flexibility index (Phi) is 9.72. The van der Waals surface area contributed by atoms with Crippen LogP contribution in [-0.2, 0) is 20.7 Å². The number of piperidine rings is 1. The number of nitrogens with zero attached hydrogens (tertiary/aromatic N) is 2. The second-order valence-electron chi connectivity index (χ2n) is 9.54. The molecule has 0 saturated carbocycles. The van der Waals surface area contributed by atoms with Crippen LogP contribution in [0.1, 0.15) is 28.8 Å². The van der Waals surface area contributed by atoms with Gasteiger partial charge < -0.3 is 25.0 Å². The summed E-state index contributed by atoms with van der Waals surface area (Å²) in [6.07, 6.45) is 3.26. The van der Waals surface area contributed by atoms with Crippen molar-refractivity contribution < 1.29 is 19.1 Å². The zero-order chi connectivity index (χ0) is 25.2. The summed E-state index contributed by atoms with van der Waals surface area (Å²) in [4.78, 5) is 30.0. The van der Waals surface area contributed by atoms with E-state index in [1.54, 1.807) is 6.07 Å². The SMILES string of the molecule is COCC(=O)Nc1ccc(N2CCC(Cc3ccccc3)CC2)c(C(=O)NCCN2CCOCC2)c1. The lowest BCUT2D eigenvalue weighted by Crippen LogP contribution is -2.41. The highest BCUT2D eigenvalue weighted by atomic mass is 16.5. The monoisotopic (exact) mass is 494 g/mol. The third-order valence-electron chi connectivity index (χ3n) is 6.94. The van der Waals surface area contributed by atoms with E-state index in [9.17, 15) is 9.59 Å². The lowest BCUT2D eigenvalue weighted by molar-refractivity contribution is -0.119. The molecule has 0 aliphatic carbocycles. The summed E-state index contributed by atoms with van der Waals surface area (Å²) in [5.74, 6) is 0.278. The van der Waals surface area contributed by atoms with Crippen LogP contribution in [0.3, 0.4) is 0 Å². The molecule has 2 aliphatic heterocycles. The number of nitrogens with one attached hydrogen (secondary N) is 2. The number of hydrogen-bond acceptors (Lipinski definition) is 6. The average Bonchev–Trinajstić information content (AvgIpc) is 2.90. The first-order chi connectivity index (χ1) is 17.6. The van der Waals surface area contributed by atoms with E-state index in [-0.39, 0.29) is 18.4 Å². The molecular weight excluding hydrogens is 456 g/mol. The highest BCUT2D eigenvalue weighted by Gasteiger charge is 2.24. The van der Waals surface area contributed by atoms with Gasteiger partial charge in [0.05, 0.1) is 18.8 Å². The molecule has 0 radical (unpaired) electrons.